The van der Waals surface area contributed by atoms with Crippen LogP contribution in [-0.2, 0) is 13.1 Å². The van der Waals surface area contributed by atoms with Crippen LogP contribution in [0, 0.1) is 11.3 Å². The Morgan fingerprint density at radius 2 is 1.96 bits per heavy atom. The maximum absolute atomic E-state index is 9.11. The van der Waals surface area contributed by atoms with Gasteiger partial charge in [-0.1, -0.05) is 30.3 Å². The second kappa shape index (κ2) is 7.12. The maximum atomic E-state index is 9.11. The van der Waals surface area contributed by atoms with Crippen molar-refractivity contribution < 1.29 is 0 Å². The molecule has 0 atom stereocenters. The largest absolute Gasteiger partial charge is 0.380 e. The Balaban J connectivity index is 1.64. The molecule has 0 aliphatic heterocycles. The topological polar surface area (TPSA) is 53.6 Å². The first-order chi connectivity index (χ1) is 12.8. The Labute approximate surface area is 152 Å². The summed E-state index contributed by atoms with van der Waals surface area (Å²) in [6.07, 6.45) is 5.78. The highest BCUT2D eigenvalue weighted by atomic mass is 15.0. The van der Waals surface area contributed by atoms with Crippen LogP contribution in [0.25, 0.3) is 10.9 Å². The van der Waals surface area contributed by atoms with Crippen LogP contribution in [0.2, 0.25) is 0 Å². The Bertz CT molecular complexity index is 1070. The molecule has 0 saturated heterocycles. The molecule has 26 heavy (non-hydrogen) atoms. The highest BCUT2D eigenvalue weighted by Gasteiger charge is 2.09. The molecule has 0 fully saturated rings. The van der Waals surface area contributed by atoms with Crippen LogP contribution in [0.3, 0.4) is 0 Å². The smallest absolute Gasteiger partial charge is 0.0991 e. The molecule has 1 N–H and O–H groups in total. The van der Waals surface area contributed by atoms with E-state index in [0.29, 0.717) is 5.56 Å². The highest BCUT2D eigenvalue weighted by molar-refractivity contribution is 5.84. The SMILES string of the molecule is N#Cc1cccc(Cn2cc(CNc3cccnc3)c3ccccc32)c1. The molecule has 4 rings (SSSR count). The number of fused-ring (bicyclic) bond motifs is 1. The molecular weight excluding hydrogens is 320 g/mol. The number of nitrogens with zero attached hydrogens (tertiary/aromatic N) is 3. The third-order valence-electron chi connectivity index (χ3n) is 4.42. The van der Waals surface area contributed by atoms with Crippen LogP contribution in [0.5, 0.6) is 0 Å². The minimum absolute atomic E-state index is 0.692. The minimum Gasteiger partial charge on any atom is -0.380 e. The lowest BCUT2D eigenvalue weighted by Crippen LogP contribution is -2.00. The summed E-state index contributed by atoms with van der Waals surface area (Å²) in [5.41, 5.74) is 5.25. The molecule has 0 unspecified atom stereocenters. The summed E-state index contributed by atoms with van der Waals surface area (Å²) in [5.74, 6) is 0. The quantitative estimate of drug-likeness (QED) is 0.580. The monoisotopic (exact) mass is 338 g/mol. The number of aromatic nitrogens is 2. The van der Waals surface area contributed by atoms with Crippen molar-refractivity contribution in [2.45, 2.75) is 13.1 Å². The highest BCUT2D eigenvalue weighted by Crippen LogP contribution is 2.23. The molecule has 4 aromatic rings. The van der Waals surface area contributed by atoms with Gasteiger partial charge in [-0.25, -0.2) is 0 Å². The summed E-state index contributed by atoms with van der Waals surface area (Å²) in [7, 11) is 0. The summed E-state index contributed by atoms with van der Waals surface area (Å²) in [4.78, 5) is 4.14. The van der Waals surface area contributed by atoms with Gasteiger partial charge in [0, 0.05) is 42.6 Å². The summed E-state index contributed by atoms with van der Waals surface area (Å²) in [6, 6.07) is 22.3. The fraction of sp³-hybridized carbons (Fsp3) is 0.0909. The second-order valence-electron chi connectivity index (χ2n) is 6.21. The Kier molecular flexibility index (Phi) is 4.36. The van der Waals surface area contributed by atoms with Crippen LogP contribution in [0.1, 0.15) is 16.7 Å². The van der Waals surface area contributed by atoms with Gasteiger partial charge in [0.2, 0.25) is 0 Å². The van der Waals surface area contributed by atoms with Crippen LogP contribution in [0.15, 0.2) is 79.3 Å². The Morgan fingerprint density at radius 3 is 2.81 bits per heavy atom. The Morgan fingerprint density at radius 1 is 1.04 bits per heavy atom. The van der Waals surface area contributed by atoms with E-state index in [0.717, 1.165) is 24.3 Å². The summed E-state index contributed by atoms with van der Waals surface area (Å²) >= 11 is 0. The number of nitrogens with one attached hydrogen (secondary N) is 1. The number of rotatable bonds is 5. The van der Waals surface area contributed by atoms with Gasteiger partial charge in [-0.2, -0.15) is 5.26 Å². The molecule has 2 aromatic carbocycles. The Hall–Kier alpha value is -3.58. The van der Waals surface area contributed by atoms with Gasteiger partial charge < -0.3 is 9.88 Å². The van der Waals surface area contributed by atoms with E-state index in [-0.39, 0.29) is 0 Å². The lowest BCUT2D eigenvalue weighted by molar-refractivity contribution is 0.831. The van der Waals surface area contributed by atoms with Crippen molar-refractivity contribution in [1.82, 2.24) is 9.55 Å². The third kappa shape index (κ3) is 3.28. The first-order valence-corrected chi connectivity index (χ1v) is 8.53. The molecule has 0 aliphatic carbocycles. The van der Waals surface area contributed by atoms with Gasteiger partial charge >= 0.3 is 0 Å². The molecule has 0 spiro atoms. The molecule has 2 aromatic heterocycles. The van der Waals surface area contributed by atoms with Crippen LogP contribution >= 0.6 is 0 Å². The van der Waals surface area contributed by atoms with Crippen molar-refractivity contribution in [3.05, 3.63) is 95.9 Å². The van der Waals surface area contributed by atoms with Crippen molar-refractivity contribution in [2.24, 2.45) is 0 Å². The number of anilines is 1. The summed E-state index contributed by atoms with van der Waals surface area (Å²) in [6.45, 7) is 1.47. The van der Waals surface area contributed by atoms with Gasteiger partial charge in [-0.15, -0.1) is 0 Å². The average Bonchev–Trinajstić information content (AvgIpc) is 3.05. The molecule has 0 aliphatic rings. The van der Waals surface area contributed by atoms with Gasteiger partial charge in [0.1, 0.15) is 0 Å². The first-order valence-electron chi connectivity index (χ1n) is 8.53. The number of hydrogen-bond donors (Lipinski definition) is 1. The minimum atomic E-state index is 0.692. The molecule has 0 saturated carbocycles. The third-order valence-corrected chi connectivity index (χ3v) is 4.42. The summed E-state index contributed by atoms with van der Waals surface area (Å²) in [5, 5.41) is 13.8. The fourth-order valence-electron chi connectivity index (χ4n) is 3.20. The molecule has 0 radical (unpaired) electrons. The number of para-hydroxylation sites is 1. The number of benzene rings is 2. The summed E-state index contributed by atoms with van der Waals surface area (Å²) < 4.78 is 2.24. The molecule has 0 bridgehead atoms. The zero-order valence-electron chi connectivity index (χ0n) is 14.3. The predicted molar refractivity (Wildman–Crippen MR) is 104 cm³/mol. The predicted octanol–water partition coefficient (Wildman–Crippen LogP) is 4.57. The molecular formula is C22H18N4. The van der Waals surface area contributed by atoms with Gasteiger partial charge in [0.05, 0.1) is 17.3 Å². The van der Waals surface area contributed by atoms with E-state index in [4.69, 9.17) is 5.26 Å². The van der Waals surface area contributed by atoms with Crippen LogP contribution < -0.4 is 5.32 Å². The fourth-order valence-corrected chi connectivity index (χ4v) is 3.20. The van der Waals surface area contributed by atoms with E-state index in [1.165, 1.54) is 16.5 Å². The average molecular weight is 338 g/mol. The van der Waals surface area contributed by atoms with Crippen molar-refractivity contribution in [2.75, 3.05) is 5.32 Å². The molecule has 4 nitrogen and oxygen atoms in total. The number of hydrogen-bond acceptors (Lipinski definition) is 3. The zero-order valence-corrected chi connectivity index (χ0v) is 14.3. The van der Waals surface area contributed by atoms with Crippen LogP contribution in [0.4, 0.5) is 5.69 Å². The van der Waals surface area contributed by atoms with E-state index in [1.54, 1.807) is 6.20 Å². The zero-order chi connectivity index (χ0) is 17.8. The van der Waals surface area contributed by atoms with Crippen molar-refractivity contribution in [1.29, 1.82) is 5.26 Å². The molecule has 126 valence electrons. The van der Waals surface area contributed by atoms with E-state index in [2.05, 4.69) is 57.5 Å². The second-order valence-corrected chi connectivity index (χ2v) is 6.21. The standard InChI is InChI=1S/C22H18N4/c23-12-17-5-3-6-18(11-17)15-26-16-19(21-8-1-2-9-22(21)26)13-25-20-7-4-10-24-14-20/h1-11,14,16,25H,13,15H2. The van der Waals surface area contributed by atoms with Crippen molar-refractivity contribution in [3.63, 3.8) is 0 Å². The van der Waals surface area contributed by atoms with E-state index < -0.39 is 0 Å². The van der Waals surface area contributed by atoms with Gasteiger partial charge in [-0.3, -0.25) is 4.98 Å². The maximum Gasteiger partial charge on any atom is 0.0991 e. The van der Waals surface area contributed by atoms with Gasteiger partial charge in [-0.05, 0) is 41.5 Å². The molecule has 4 heteroatoms. The molecule has 2 heterocycles. The van der Waals surface area contributed by atoms with E-state index in [1.807, 2.05) is 36.5 Å². The molecule has 0 amide bonds. The van der Waals surface area contributed by atoms with E-state index >= 15 is 0 Å². The lowest BCUT2D eigenvalue weighted by Gasteiger charge is -2.06. The van der Waals surface area contributed by atoms with Crippen molar-refractivity contribution in [3.8, 4) is 6.07 Å². The normalized spacial score (nSPS) is 10.6. The lowest BCUT2D eigenvalue weighted by atomic mass is 10.1. The van der Waals surface area contributed by atoms with E-state index in [9.17, 15) is 0 Å². The van der Waals surface area contributed by atoms with Gasteiger partial charge in [0.25, 0.3) is 0 Å². The van der Waals surface area contributed by atoms with Crippen LogP contribution in [-0.4, -0.2) is 9.55 Å². The van der Waals surface area contributed by atoms with Gasteiger partial charge in [0.15, 0.2) is 0 Å². The van der Waals surface area contributed by atoms with Crippen molar-refractivity contribution >= 4 is 16.6 Å². The number of nitriles is 1. The number of pyridine rings is 1. The first kappa shape index (κ1) is 15.9.